The lowest BCUT2D eigenvalue weighted by Gasteiger charge is -2.38. The van der Waals surface area contributed by atoms with Crippen molar-refractivity contribution < 1.29 is 28.1 Å². The van der Waals surface area contributed by atoms with Gasteiger partial charge in [-0.2, -0.15) is 10.2 Å². The molecule has 2 aromatic heterocycles. The van der Waals surface area contributed by atoms with Crippen molar-refractivity contribution in [1.82, 2.24) is 24.2 Å². The van der Waals surface area contributed by atoms with Crippen LogP contribution in [0.1, 0.15) is 67.5 Å². The Morgan fingerprint density at radius 3 is 2.52 bits per heavy atom. The summed E-state index contributed by atoms with van der Waals surface area (Å²) in [6, 6.07) is 2.34. The summed E-state index contributed by atoms with van der Waals surface area (Å²) in [4.78, 5) is 36.5. The summed E-state index contributed by atoms with van der Waals surface area (Å²) in [7, 11) is -0.00283. The molecule has 0 aromatic carbocycles. The molecular formula is C27H44N7O7P. The van der Waals surface area contributed by atoms with E-state index in [1.54, 1.807) is 25.5 Å². The molecule has 1 aliphatic heterocycles. The molecule has 0 saturated carbocycles. The van der Waals surface area contributed by atoms with Gasteiger partial charge >= 0.3 is 0 Å². The molecule has 3 rings (SSSR count). The smallest absolute Gasteiger partial charge is 0.280 e. The van der Waals surface area contributed by atoms with Crippen molar-refractivity contribution in [1.29, 1.82) is 5.26 Å². The Labute approximate surface area is 248 Å². The highest BCUT2D eigenvalue weighted by Gasteiger charge is 2.49. The molecule has 234 valence electrons. The topological polar surface area (TPSA) is 166 Å². The molecule has 2 N–H and O–H groups in total. The summed E-state index contributed by atoms with van der Waals surface area (Å²) in [5.74, 6) is -0.579. The molecule has 15 heteroatoms. The first kappa shape index (κ1) is 34.0. The van der Waals surface area contributed by atoms with Gasteiger partial charge in [-0.05, 0) is 34.1 Å². The van der Waals surface area contributed by atoms with Crippen LogP contribution in [0.2, 0.25) is 0 Å². The summed E-state index contributed by atoms with van der Waals surface area (Å²) < 4.78 is 34.8. The molecule has 0 spiro atoms. The van der Waals surface area contributed by atoms with Gasteiger partial charge in [0.2, 0.25) is 11.9 Å². The van der Waals surface area contributed by atoms with Gasteiger partial charge in [-0.1, -0.05) is 20.8 Å². The number of hydrogen-bond acceptors (Lipinski definition) is 11. The number of methoxy groups -OCH3 is 1. The normalized spacial score (nSPS) is 21.6. The molecule has 5 atom stereocenters. The summed E-state index contributed by atoms with van der Waals surface area (Å²) >= 11 is 0. The Morgan fingerprint density at radius 1 is 1.21 bits per heavy atom. The van der Waals surface area contributed by atoms with Crippen LogP contribution in [-0.2, 0) is 28.1 Å². The Hall–Kier alpha value is -2.50. The zero-order chi connectivity index (χ0) is 31.0. The fourth-order valence-electron chi connectivity index (χ4n) is 4.66. The molecule has 1 amide bonds. The SMILES string of the molecule is CCC1OC(n2cnc3c(=O)[nH]c(NC(=O)C(C)C)nc32)C(OCCOC)C1OP(OCCC#N)N(C(C)C)C(C)C. The van der Waals surface area contributed by atoms with E-state index in [1.165, 1.54) is 6.33 Å². The van der Waals surface area contributed by atoms with Crippen molar-refractivity contribution >= 4 is 31.5 Å². The number of nitrogens with zero attached hydrogens (tertiary/aromatic N) is 5. The van der Waals surface area contributed by atoms with Crippen molar-refractivity contribution in [3.63, 3.8) is 0 Å². The largest absolute Gasteiger partial charge is 0.382 e. The number of rotatable bonds is 16. The number of ether oxygens (including phenoxy) is 3. The van der Waals surface area contributed by atoms with E-state index >= 15 is 0 Å². The Kier molecular flexibility index (Phi) is 12.8. The van der Waals surface area contributed by atoms with Crippen LogP contribution in [-0.4, -0.2) is 87.4 Å². The fourth-order valence-corrected chi connectivity index (χ4v) is 6.43. The van der Waals surface area contributed by atoms with Gasteiger partial charge in [-0.15, -0.1) is 0 Å². The number of nitriles is 1. The van der Waals surface area contributed by atoms with Crippen LogP contribution in [0.4, 0.5) is 5.95 Å². The zero-order valence-electron chi connectivity index (χ0n) is 25.7. The lowest BCUT2D eigenvalue weighted by molar-refractivity contribution is -0.118. The number of carbonyl (C=O) groups excluding carboxylic acids is 1. The fraction of sp³-hybridized carbons (Fsp3) is 0.741. The molecule has 42 heavy (non-hydrogen) atoms. The standard InChI is InChI=1S/C27H44N7O7P/c1-9-19-21(41-42(39-12-10-11-28)34(17(4)5)18(6)7)22(38-14-13-37-8)26(40-19)33-15-29-20-23(33)30-27(32-25(20)36)31-24(35)16(2)3/h15-19,21-22,26H,9-10,12-14H2,1-8H3,(H2,30,31,32,35,36). The zero-order valence-corrected chi connectivity index (χ0v) is 26.6. The molecular weight excluding hydrogens is 565 g/mol. The maximum Gasteiger partial charge on any atom is 0.280 e. The van der Waals surface area contributed by atoms with Crippen LogP contribution in [0.15, 0.2) is 11.1 Å². The molecule has 0 aliphatic carbocycles. The van der Waals surface area contributed by atoms with E-state index in [-0.39, 0.29) is 60.7 Å². The third kappa shape index (κ3) is 8.11. The number of nitrogens with one attached hydrogen (secondary N) is 2. The van der Waals surface area contributed by atoms with Crippen molar-refractivity contribution in [3.05, 3.63) is 16.7 Å². The molecule has 2 aromatic rings. The van der Waals surface area contributed by atoms with E-state index in [4.69, 9.17) is 28.5 Å². The number of amides is 1. The van der Waals surface area contributed by atoms with Crippen molar-refractivity contribution in [2.75, 3.05) is 32.2 Å². The van der Waals surface area contributed by atoms with Crippen LogP contribution in [0.5, 0.6) is 0 Å². The van der Waals surface area contributed by atoms with E-state index in [2.05, 4.69) is 58.7 Å². The van der Waals surface area contributed by atoms with Gasteiger partial charge < -0.3 is 23.3 Å². The first-order valence-electron chi connectivity index (χ1n) is 14.3. The van der Waals surface area contributed by atoms with E-state index in [0.29, 0.717) is 13.0 Å². The van der Waals surface area contributed by atoms with Gasteiger partial charge in [0.15, 0.2) is 17.4 Å². The Bertz CT molecular complexity index is 1250. The molecule has 0 bridgehead atoms. The molecule has 1 fully saturated rings. The minimum Gasteiger partial charge on any atom is -0.382 e. The number of anilines is 1. The Morgan fingerprint density at radius 2 is 1.93 bits per heavy atom. The molecule has 5 unspecified atom stereocenters. The van der Waals surface area contributed by atoms with Crippen LogP contribution < -0.4 is 10.9 Å². The quantitative estimate of drug-likeness (QED) is 0.210. The predicted molar refractivity (Wildman–Crippen MR) is 158 cm³/mol. The number of imidazole rings is 1. The minimum atomic E-state index is -1.59. The van der Waals surface area contributed by atoms with E-state index in [1.807, 2.05) is 6.92 Å². The van der Waals surface area contributed by atoms with E-state index in [0.717, 1.165) is 0 Å². The van der Waals surface area contributed by atoms with Gasteiger partial charge in [0.05, 0.1) is 44.7 Å². The maximum absolute atomic E-state index is 12.9. The number of carbonyl (C=O) groups is 1. The maximum atomic E-state index is 12.9. The number of H-pyrrole nitrogens is 1. The highest BCUT2D eigenvalue weighted by atomic mass is 31.2. The second kappa shape index (κ2) is 15.8. The minimum absolute atomic E-state index is 0.0153. The molecule has 1 saturated heterocycles. The lowest BCUT2D eigenvalue weighted by atomic mass is 10.1. The predicted octanol–water partition coefficient (Wildman–Crippen LogP) is 3.71. The lowest BCUT2D eigenvalue weighted by Crippen LogP contribution is -2.40. The average molecular weight is 610 g/mol. The van der Waals surface area contributed by atoms with E-state index < -0.39 is 38.6 Å². The van der Waals surface area contributed by atoms with Gasteiger partial charge in [0.1, 0.15) is 12.2 Å². The number of aromatic nitrogens is 4. The van der Waals surface area contributed by atoms with Gasteiger partial charge in [-0.25, -0.2) is 9.65 Å². The summed E-state index contributed by atoms with van der Waals surface area (Å²) in [5, 5.41) is 11.8. The number of fused-ring (bicyclic) bond motifs is 1. The molecule has 14 nitrogen and oxygen atoms in total. The van der Waals surface area contributed by atoms with E-state index in [9.17, 15) is 9.59 Å². The van der Waals surface area contributed by atoms with Crippen LogP contribution >= 0.6 is 8.53 Å². The average Bonchev–Trinajstić information content (AvgIpc) is 3.49. The van der Waals surface area contributed by atoms with Crippen molar-refractivity contribution in [3.8, 4) is 6.07 Å². The summed E-state index contributed by atoms with van der Waals surface area (Å²) in [6.45, 7) is 14.6. The third-order valence-electron chi connectivity index (χ3n) is 6.63. The van der Waals surface area contributed by atoms with Gasteiger partial charge in [0.25, 0.3) is 14.1 Å². The summed E-state index contributed by atoms with van der Waals surface area (Å²) in [5.41, 5.74) is -0.161. The van der Waals surface area contributed by atoms with Crippen LogP contribution in [0.25, 0.3) is 11.2 Å². The Balaban J connectivity index is 2.04. The molecule has 3 heterocycles. The monoisotopic (exact) mass is 609 g/mol. The van der Waals surface area contributed by atoms with Crippen LogP contribution in [0.3, 0.4) is 0 Å². The third-order valence-corrected chi connectivity index (χ3v) is 8.76. The first-order valence-corrected chi connectivity index (χ1v) is 15.5. The second-order valence-corrected chi connectivity index (χ2v) is 12.2. The van der Waals surface area contributed by atoms with Crippen LogP contribution in [0, 0.1) is 17.2 Å². The second-order valence-electron chi connectivity index (χ2n) is 10.8. The van der Waals surface area contributed by atoms with Gasteiger partial charge in [-0.3, -0.25) is 24.5 Å². The van der Waals surface area contributed by atoms with Gasteiger partial charge in [0, 0.05) is 25.1 Å². The molecule has 1 aliphatic rings. The first-order chi connectivity index (χ1) is 20.0. The highest BCUT2D eigenvalue weighted by molar-refractivity contribution is 7.44. The molecule has 0 radical (unpaired) electrons. The number of hydrogen-bond donors (Lipinski definition) is 2. The van der Waals surface area contributed by atoms with Crippen molar-refractivity contribution in [2.24, 2.45) is 5.92 Å². The highest BCUT2D eigenvalue weighted by Crippen LogP contribution is 2.51. The van der Waals surface area contributed by atoms with Crippen molar-refractivity contribution in [2.45, 2.75) is 97.9 Å². The summed E-state index contributed by atoms with van der Waals surface area (Å²) in [6.07, 6.45) is -0.0499. The number of aromatic amines is 1.